The number of rotatable bonds is 1. The van der Waals surface area contributed by atoms with Crippen molar-refractivity contribution in [2.75, 3.05) is 0 Å². The first-order chi connectivity index (χ1) is 12.0. The largest absolute Gasteiger partial charge is 0.860 e. The topological polar surface area (TPSA) is 164 Å². The Labute approximate surface area is 136 Å². The first kappa shape index (κ1) is 14.8. The summed E-state index contributed by atoms with van der Waals surface area (Å²) in [5.74, 6) is -1.94. The average molecular weight is 341 g/mol. The Hall–Kier alpha value is -3.82. The van der Waals surface area contributed by atoms with Gasteiger partial charge in [-0.3, -0.25) is 24.5 Å². The summed E-state index contributed by atoms with van der Waals surface area (Å²) in [6.07, 6.45) is 0. The summed E-state index contributed by atoms with van der Waals surface area (Å²) >= 11 is 0. The monoisotopic (exact) mass is 341 g/mol. The van der Waals surface area contributed by atoms with Crippen molar-refractivity contribution in [3.8, 4) is 17.5 Å². The van der Waals surface area contributed by atoms with Crippen molar-refractivity contribution in [3.05, 3.63) is 82.6 Å². The molecule has 0 bridgehead atoms. The minimum Gasteiger partial charge on any atom is -0.860 e. The maximum Gasteiger partial charge on any atom is 0.328 e. The van der Waals surface area contributed by atoms with Gasteiger partial charge in [0.05, 0.1) is 11.5 Å². The molecule has 0 amide bonds. The number of H-pyrrole nitrogens is 4. The lowest BCUT2D eigenvalue weighted by molar-refractivity contribution is -0.276. The molecule has 25 heavy (non-hydrogen) atoms. The van der Waals surface area contributed by atoms with Crippen molar-refractivity contribution in [2.24, 2.45) is 0 Å². The van der Waals surface area contributed by atoms with Crippen LogP contribution in [0.4, 0.5) is 0 Å². The molecule has 0 saturated heterocycles. The molecule has 2 aromatic heterocycles. The SMILES string of the molecule is O=c1[nH]c([O-])c(C2c3ccccc3Oc3[nH]c(=O)[nH]c(=O)c32)c(=O)[nH]1. The molecular formula is C15H9N4O6-. The van der Waals surface area contributed by atoms with Crippen LogP contribution in [-0.2, 0) is 0 Å². The summed E-state index contributed by atoms with van der Waals surface area (Å²) < 4.78 is 5.53. The van der Waals surface area contributed by atoms with Gasteiger partial charge in [-0.1, -0.05) is 18.2 Å². The van der Waals surface area contributed by atoms with Crippen molar-refractivity contribution in [3.63, 3.8) is 0 Å². The van der Waals surface area contributed by atoms with E-state index in [1.54, 1.807) is 24.3 Å². The predicted molar refractivity (Wildman–Crippen MR) is 82.3 cm³/mol. The Morgan fingerprint density at radius 1 is 0.840 bits per heavy atom. The Bertz CT molecular complexity index is 1210. The van der Waals surface area contributed by atoms with Crippen molar-refractivity contribution < 1.29 is 9.84 Å². The molecular weight excluding hydrogens is 332 g/mol. The predicted octanol–water partition coefficient (Wildman–Crippen LogP) is -1.20. The quantitative estimate of drug-likeness (QED) is 0.339. The summed E-state index contributed by atoms with van der Waals surface area (Å²) in [7, 11) is 0. The second-order valence-corrected chi connectivity index (χ2v) is 5.37. The molecule has 4 rings (SSSR count). The minimum absolute atomic E-state index is 0.104. The van der Waals surface area contributed by atoms with E-state index in [4.69, 9.17) is 4.74 Å². The van der Waals surface area contributed by atoms with Crippen LogP contribution in [0.15, 0.2) is 43.4 Å². The van der Waals surface area contributed by atoms with Crippen molar-refractivity contribution in [1.29, 1.82) is 0 Å². The van der Waals surface area contributed by atoms with E-state index in [9.17, 15) is 24.3 Å². The molecule has 0 radical (unpaired) electrons. The van der Waals surface area contributed by atoms with Gasteiger partial charge in [-0.05, 0) is 11.9 Å². The highest BCUT2D eigenvalue weighted by atomic mass is 16.5. The Morgan fingerprint density at radius 3 is 2.20 bits per heavy atom. The van der Waals surface area contributed by atoms with Crippen molar-refractivity contribution in [2.45, 2.75) is 5.92 Å². The molecule has 1 atom stereocenters. The van der Waals surface area contributed by atoms with Gasteiger partial charge in [-0.15, -0.1) is 0 Å². The lowest BCUT2D eigenvalue weighted by Crippen LogP contribution is -2.35. The lowest BCUT2D eigenvalue weighted by Gasteiger charge is -2.28. The number of para-hydroxylation sites is 1. The maximum atomic E-state index is 12.3. The fourth-order valence-corrected chi connectivity index (χ4v) is 2.93. The number of aromatic nitrogens is 4. The van der Waals surface area contributed by atoms with Crippen LogP contribution in [0.2, 0.25) is 0 Å². The van der Waals surface area contributed by atoms with Crippen LogP contribution in [0.25, 0.3) is 0 Å². The van der Waals surface area contributed by atoms with Crippen LogP contribution in [-0.4, -0.2) is 19.9 Å². The summed E-state index contributed by atoms with van der Waals surface area (Å²) in [6, 6.07) is 6.44. The van der Waals surface area contributed by atoms with Crippen LogP contribution < -0.4 is 32.3 Å². The highest BCUT2D eigenvalue weighted by Crippen LogP contribution is 2.44. The van der Waals surface area contributed by atoms with Gasteiger partial charge in [0, 0.05) is 11.1 Å². The second-order valence-electron chi connectivity index (χ2n) is 5.37. The summed E-state index contributed by atoms with van der Waals surface area (Å²) in [5.41, 5.74) is -3.55. The highest BCUT2D eigenvalue weighted by molar-refractivity contribution is 5.56. The molecule has 126 valence electrons. The Balaban J connectivity index is 2.14. The molecule has 10 heteroatoms. The van der Waals surface area contributed by atoms with Crippen LogP contribution in [0, 0.1) is 0 Å². The summed E-state index contributed by atoms with van der Waals surface area (Å²) in [6.45, 7) is 0. The number of aromatic amines is 4. The molecule has 3 aromatic rings. The molecule has 0 fully saturated rings. The van der Waals surface area contributed by atoms with Gasteiger partial charge in [0.15, 0.2) is 0 Å². The van der Waals surface area contributed by atoms with Crippen LogP contribution in [0.3, 0.4) is 0 Å². The molecule has 0 spiro atoms. The first-order valence-corrected chi connectivity index (χ1v) is 7.12. The van der Waals surface area contributed by atoms with E-state index in [0.717, 1.165) is 0 Å². The van der Waals surface area contributed by atoms with E-state index >= 15 is 0 Å². The molecule has 1 unspecified atom stereocenters. The number of nitrogens with one attached hydrogen (secondary N) is 4. The van der Waals surface area contributed by atoms with Gasteiger partial charge >= 0.3 is 11.4 Å². The number of fused-ring (bicyclic) bond motifs is 2. The van der Waals surface area contributed by atoms with Crippen LogP contribution >= 0.6 is 0 Å². The number of hydrogen-bond donors (Lipinski definition) is 4. The van der Waals surface area contributed by atoms with Crippen molar-refractivity contribution in [1.82, 2.24) is 19.9 Å². The van der Waals surface area contributed by atoms with E-state index < -0.39 is 34.3 Å². The molecule has 0 aliphatic carbocycles. The summed E-state index contributed by atoms with van der Waals surface area (Å²) in [5, 5.41) is 12.3. The van der Waals surface area contributed by atoms with Crippen molar-refractivity contribution >= 4 is 0 Å². The Morgan fingerprint density at radius 2 is 1.48 bits per heavy atom. The fraction of sp³-hybridized carbons (Fsp3) is 0.0667. The third kappa shape index (κ3) is 2.19. The van der Waals surface area contributed by atoms with Gasteiger partial charge in [0.2, 0.25) is 5.88 Å². The lowest BCUT2D eigenvalue weighted by atomic mass is 9.85. The number of benzene rings is 1. The van der Waals surface area contributed by atoms with Gasteiger partial charge in [0.25, 0.3) is 11.1 Å². The van der Waals surface area contributed by atoms with Gasteiger partial charge in [0.1, 0.15) is 5.75 Å². The molecule has 0 saturated carbocycles. The normalized spacial score (nSPS) is 15.1. The minimum atomic E-state index is -1.12. The number of hydrogen-bond acceptors (Lipinski definition) is 6. The third-order valence-electron chi connectivity index (χ3n) is 3.91. The summed E-state index contributed by atoms with van der Waals surface area (Å²) in [4.78, 5) is 55.8. The highest BCUT2D eigenvalue weighted by Gasteiger charge is 2.34. The van der Waals surface area contributed by atoms with E-state index in [1.807, 2.05) is 15.0 Å². The smallest absolute Gasteiger partial charge is 0.328 e. The standard InChI is InChI=1S/C15H10N4O6/c20-10-8(11(21)17-14(23)16-10)7-5-3-1-2-4-6(5)25-13-9(7)12(22)18-15(24)19-13/h1-4,7H,(H2,18,19,22,24)(H3,16,17,20,21,23)/p-1. The van der Waals surface area contributed by atoms with E-state index in [2.05, 4.69) is 4.98 Å². The van der Waals surface area contributed by atoms with E-state index in [1.165, 1.54) is 0 Å². The zero-order chi connectivity index (χ0) is 17.7. The Kier molecular flexibility index (Phi) is 3.01. The molecule has 1 aromatic carbocycles. The molecule has 4 N–H and O–H groups in total. The average Bonchev–Trinajstić information content (AvgIpc) is 2.52. The molecule has 1 aliphatic heterocycles. The zero-order valence-electron chi connectivity index (χ0n) is 12.3. The second kappa shape index (κ2) is 5.09. The van der Waals surface area contributed by atoms with Crippen LogP contribution in [0.1, 0.15) is 22.6 Å². The zero-order valence-corrected chi connectivity index (χ0v) is 12.3. The van der Waals surface area contributed by atoms with E-state index in [-0.39, 0.29) is 22.8 Å². The fourth-order valence-electron chi connectivity index (χ4n) is 2.93. The molecule has 3 heterocycles. The van der Waals surface area contributed by atoms with Crippen LogP contribution in [0.5, 0.6) is 17.5 Å². The molecule has 1 aliphatic rings. The first-order valence-electron chi connectivity index (χ1n) is 7.12. The van der Waals surface area contributed by atoms with E-state index in [0.29, 0.717) is 5.56 Å². The number of ether oxygens (including phenoxy) is 1. The third-order valence-corrected chi connectivity index (χ3v) is 3.91. The molecule has 10 nitrogen and oxygen atoms in total. The van der Waals surface area contributed by atoms with Gasteiger partial charge in [-0.25, -0.2) is 9.59 Å². The maximum absolute atomic E-state index is 12.3. The van der Waals surface area contributed by atoms with Gasteiger partial charge < -0.3 is 14.8 Å². The van der Waals surface area contributed by atoms with Gasteiger partial charge in [-0.2, -0.15) is 0 Å².